The largest absolute Gasteiger partial charge is 0.335 e. The Bertz CT molecular complexity index is 471. The number of nitrogens with two attached hydrogens (primary N) is 1. The minimum Gasteiger partial charge on any atom is -0.306 e. The second kappa shape index (κ2) is 4.79. The molecular weight excluding hydrogens is 224 g/mol. The van der Waals surface area contributed by atoms with Gasteiger partial charge < -0.3 is 5.32 Å². The van der Waals surface area contributed by atoms with Crippen molar-refractivity contribution in [1.82, 2.24) is 5.01 Å². The van der Waals surface area contributed by atoms with Crippen LogP contribution in [0.15, 0.2) is 12.1 Å². The first kappa shape index (κ1) is 12.9. The summed E-state index contributed by atoms with van der Waals surface area (Å²) < 4.78 is 0. The number of urea groups is 1. The number of nitrogens with zero attached hydrogens (tertiary/aromatic N) is 2. The molecule has 1 rings (SSSR count). The van der Waals surface area contributed by atoms with Crippen LogP contribution in [0.4, 0.5) is 16.2 Å². The van der Waals surface area contributed by atoms with Crippen molar-refractivity contribution < 1.29 is 9.72 Å². The van der Waals surface area contributed by atoms with Gasteiger partial charge in [0.25, 0.3) is 5.69 Å². The lowest BCUT2D eigenvalue weighted by Crippen LogP contribution is -2.37. The summed E-state index contributed by atoms with van der Waals surface area (Å²) >= 11 is 0. The fourth-order valence-electron chi connectivity index (χ4n) is 1.38. The highest BCUT2D eigenvalue weighted by Crippen LogP contribution is 2.26. The minimum absolute atomic E-state index is 0.0365. The Kier molecular flexibility index (Phi) is 3.64. The van der Waals surface area contributed by atoms with Crippen molar-refractivity contribution in [2.45, 2.75) is 13.8 Å². The van der Waals surface area contributed by atoms with Crippen LogP contribution in [-0.2, 0) is 0 Å². The molecule has 2 amide bonds. The lowest BCUT2D eigenvalue weighted by Gasteiger charge is -2.13. The van der Waals surface area contributed by atoms with Gasteiger partial charge in [-0.2, -0.15) is 0 Å². The zero-order chi connectivity index (χ0) is 13.2. The van der Waals surface area contributed by atoms with Gasteiger partial charge in [-0.3, -0.25) is 15.1 Å². The summed E-state index contributed by atoms with van der Waals surface area (Å²) in [6.07, 6.45) is 0. The maximum Gasteiger partial charge on any atom is 0.335 e. The fourth-order valence-corrected chi connectivity index (χ4v) is 1.38. The van der Waals surface area contributed by atoms with Gasteiger partial charge in [0.05, 0.1) is 10.6 Å². The number of carbonyl (C=O) groups excluding carboxylic acids is 1. The molecule has 7 heteroatoms. The lowest BCUT2D eigenvalue weighted by atomic mass is 10.1. The van der Waals surface area contributed by atoms with E-state index >= 15 is 0 Å². The maximum absolute atomic E-state index is 11.4. The molecule has 0 atom stereocenters. The van der Waals surface area contributed by atoms with Gasteiger partial charge in [-0.25, -0.2) is 10.6 Å². The number of carbonyl (C=O) groups is 1. The maximum atomic E-state index is 11.4. The van der Waals surface area contributed by atoms with Crippen LogP contribution in [0.2, 0.25) is 0 Å². The molecule has 1 aromatic carbocycles. The van der Waals surface area contributed by atoms with E-state index in [-0.39, 0.29) is 5.69 Å². The van der Waals surface area contributed by atoms with E-state index in [4.69, 9.17) is 5.84 Å². The Balaban J connectivity index is 3.12. The fraction of sp³-hybridized carbons (Fsp3) is 0.300. The molecular formula is C10H14N4O3. The molecule has 1 aromatic rings. The number of nitro groups is 1. The highest BCUT2D eigenvalue weighted by Gasteiger charge is 2.15. The molecule has 0 unspecified atom stereocenters. The van der Waals surface area contributed by atoms with Crippen LogP contribution in [0, 0.1) is 24.0 Å². The van der Waals surface area contributed by atoms with Gasteiger partial charge in [0.1, 0.15) is 0 Å². The molecule has 0 spiro atoms. The summed E-state index contributed by atoms with van der Waals surface area (Å²) in [5, 5.41) is 14.1. The number of rotatable bonds is 2. The highest BCUT2D eigenvalue weighted by atomic mass is 16.6. The Morgan fingerprint density at radius 1 is 1.41 bits per heavy atom. The minimum atomic E-state index is -0.536. The second-order valence-electron chi connectivity index (χ2n) is 3.75. The van der Waals surface area contributed by atoms with E-state index in [0.717, 1.165) is 10.6 Å². The summed E-state index contributed by atoms with van der Waals surface area (Å²) in [7, 11) is 1.38. The predicted molar refractivity (Wildman–Crippen MR) is 63.5 cm³/mol. The van der Waals surface area contributed by atoms with Crippen molar-refractivity contribution in [1.29, 1.82) is 0 Å². The molecule has 0 bridgehead atoms. The molecule has 0 saturated carbocycles. The number of nitrogens with one attached hydrogen (secondary N) is 1. The van der Waals surface area contributed by atoms with Crippen molar-refractivity contribution >= 4 is 17.4 Å². The third kappa shape index (κ3) is 2.91. The topological polar surface area (TPSA) is 102 Å². The number of hydrazine groups is 1. The van der Waals surface area contributed by atoms with Crippen LogP contribution in [0.3, 0.4) is 0 Å². The van der Waals surface area contributed by atoms with E-state index in [0.29, 0.717) is 11.3 Å². The number of hydrogen-bond acceptors (Lipinski definition) is 4. The Morgan fingerprint density at radius 2 is 2.00 bits per heavy atom. The number of nitro benzene ring substituents is 1. The molecule has 7 nitrogen and oxygen atoms in total. The molecule has 3 N–H and O–H groups in total. The van der Waals surface area contributed by atoms with Crippen molar-refractivity contribution in [3.63, 3.8) is 0 Å². The second-order valence-corrected chi connectivity index (χ2v) is 3.75. The zero-order valence-corrected chi connectivity index (χ0v) is 9.85. The Morgan fingerprint density at radius 3 is 2.47 bits per heavy atom. The lowest BCUT2D eigenvalue weighted by molar-refractivity contribution is -0.385. The molecule has 0 saturated heterocycles. The quantitative estimate of drug-likeness (QED) is 0.353. The van der Waals surface area contributed by atoms with Gasteiger partial charge in [0.2, 0.25) is 0 Å². The van der Waals surface area contributed by atoms with Crippen LogP contribution in [0.25, 0.3) is 0 Å². The van der Waals surface area contributed by atoms with E-state index < -0.39 is 11.0 Å². The van der Waals surface area contributed by atoms with Crippen LogP contribution in [-0.4, -0.2) is 23.0 Å². The molecule has 0 radical (unpaired) electrons. The van der Waals surface area contributed by atoms with Crippen molar-refractivity contribution in [2.75, 3.05) is 12.4 Å². The van der Waals surface area contributed by atoms with Crippen LogP contribution in [0.1, 0.15) is 11.1 Å². The standard InChI is InChI=1S/C10H14N4O3/c1-6-4-7(2)9(14(16)17)5-8(6)12-10(15)13(3)11/h4-5H,11H2,1-3H3,(H,12,15). The number of amides is 2. The Labute approximate surface area is 98.3 Å². The SMILES string of the molecule is Cc1cc(C)c([N+](=O)[O-])cc1NC(=O)N(C)N. The van der Waals surface area contributed by atoms with E-state index in [1.54, 1.807) is 19.9 Å². The molecule has 92 valence electrons. The molecule has 17 heavy (non-hydrogen) atoms. The van der Waals surface area contributed by atoms with Gasteiger partial charge >= 0.3 is 6.03 Å². The average molecular weight is 238 g/mol. The number of hydrogen-bond donors (Lipinski definition) is 2. The first-order chi connectivity index (χ1) is 7.82. The number of benzene rings is 1. The van der Waals surface area contributed by atoms with E-state index in [9.17, 15) is 14.9 Å². The third-order valence-corrected chi connectivity index (χ3v) is 2.30. The van der Waals surface area contributed by atoms with E-state index in [1.165, 1.54) is 13.1 Å². The van der Waals surface area contributed by atoms with Gasteiger partial charge in [-0.05, 0) is 25.5 Å². The summed E-state index contributed by atoms with van der Waals surface area (Å²) in [4.78, 5) is 21.6. The first-order valence-electron chi connectivity index (χ1n) is 4.88. The van der Waals surface area contributed by atoms with Gasteiger partial charge in [0, 0.05) is 18.7 Å². The third-order valence-electron chi connectivity index (χ3n) is 2.30. The van der Waals surface area contributed by atoms with Gasteiger partial charge in [-0.1, -0.05) is 0 Å². The van der Waals surface area contributed by atoms with E-state index in [1.807, 2.05) is 0 Å². The summed E-state index contributed by atoms with van der Waals surface area (Å²) in [6, 6.07) is 2.43. The Hall–Kier alpha value is -2.15. The number of anilines is 1. The smallest absolute Gasteiger partial charge is 0.306 e. The molecule has 0 aliphatic heterocycles. The molecule has 0 aliphatic rings. The monoisotopic (exact) mass is 238 g/mol. The van der Waals surface area contributed by atoms with Crippen LogP contribution < -0.4 is 11.2 Å². The first-order valence-corrected chi connectivity index (χ1v) is 4.88. The molecule has 0 aliphatic carbocycles. The van der Waals surface area contributed by atoms with E-state index in [2.05, 4.69) is 5.32 Å². The van der Waals surface area contributed by atoms with Crippen LogP contribution in [0.5, 0.6) is 0 Å². The van der Waals surface area contributed by atoms with Gasteiger partial charge in [0.15, 0.2) is 0 Å². The normalized spacial score (nSPS) is 9.88. The van der Waals surface area contributed by atoms with Crippen LogP contribution >= 0.6 is 0 Å². The zero-order valence-electron chi connectivity index (χ0n) is 9.85. The summed E-state index contributed by atoms with van der Waals surface area (Å²) in [5.74, 6) is 5.25. The van der Waals surface area contributed by atoms with Crippen molar-refractivity contribution in [3.8, 4) is 0 Å². The van der Waals surface area contributed by atoms with Crippen molar-refractivity contribution in [2.24, 2.45) is 5.84 Å². The average Bonchev–Trinajstić information content (AvgIpc) is 2.21. The highest BCUT2D eigenvalue weighted by molar-refractivity contribution is 5.90. The predicted octanol–water partition coefficient (Wildman–Crippen LogP) is 1.55. The number of aryl methyl sites for hydroxylation is 2. The van der Waals surface area contributed by atoms with Gasteiger partial charge in [-0.15, -0.1) is 0 Å². The molecule has 0 fully saturated rings. The molecule has 0 heterocycles. The summed E-state index contributed by atoms with van der Waals surface area (Å²) in [5.41, 5.74) is 1.63. The molecule has 0 aromatic heterocycles. The van der Waals surface area contributed by atoms with Crippen molar-refractivity contribution in [3.05, 3.63) is 33.4 Å². The summed E-state index contributed by atoms with van der Waals surface area (Å²) in [6.45, 7) is 3.40.